The van der Waals surface area contributed by atoms with E-state index in [-0.39, 0.29) is 18.0 Å². The van der Waals surface area contributed by atoms with Gasteiger partial charge in [-0.2, -0.15) is 5.10 Å². The molecule has 7 heteroatoms. The summed E-state index contributed by atoms with van der Waals surface area (Å²) < 4.78 is 1.76. The van der Waals surface area contributed by atoms with Gasteiger partial charge in [-0.1, -0.05) is 0 Å². The van der Waals surface area contributed by atoms with Crippen LogP contribution >= 0.6 is 0 Å². The number of hydrogen-bond acceptors (Lipinski definition) is 4. The summed E-state index contributed by atoms with van der Waals surface area (Å²) in [5, 5.41) is 4.15. The third-order valence-electron chi connectivity index (χ3n) is 3.99. The maximum absolute atomic E-state index is 11.9. The fourth-order valence-electron chi connectivity index (χ4n) is 2.72. The van der Waals surface area contributed by atoms with Gasteiger partial charge in [-0.3, -0.25) is 19.2 Å². The molecule has 7 nitrogen and oxygen atoms in total. The summed E-state index contributed by atoms with van der Waals surface area (Å²) in [6, 6.07) is 0.249. The molecule has 1 aromatic heterocycles. The Morgan fingerprint density at radius 2 is 2.21 bits per heavy atom. The predicted octanol–water partition coefficient (Wildman–Crippen LogP) is -0.931. The van der Waals surface area contributed by atoms with Crippen LogP contribution in [0.15, 0.2) is 12.4 Å². The lowest BCUT2D eigenvalue weighted by Crippen LogP contribution is -2.55. The molecular formula is C12H17N5O2. The van der Waals surface area contributed by atoms with Crippen molar-refractivity contribution in [2.24, 2.45) is 5.73 Å². The van der Waals surface area contributed by atoms with Gasteiger partial charge < -0.3 is 10.6 Å². The van der Waals surface area contributed by atoms with E-state index in [0.29, 0.717) is 5.56 Å². The van der Waals surface area contributed by atoms with Crippen LogP contribution in [0, 0.1) is 0 Å². The Morgan fingerprint density at radius 1 is 1.47 bits per heavy atom. The summed E-state index contributed by atoms with van der Waals surface area (Å²) in [6.45, 7) is 2.42. The van der Waals surface area contributed by atoms with E-state index in [9.17, 15) is 9.59 Å². The van der Waals surface area contributed by atoms with Crippen LogP contribution in [-0.2, 0) is 4.79 Å². The zero-order valence-corrected chi connectivity index (χ0v) is 10.8. The smallest absolute Gasteiger partial charge is 0.251 e. The number of amides is 2. The SMILES string of the molecule is CN1CCC(N2CC(n3cc(C(N)=O)cn3)C2)C1=O. The second kappa shape index (κ2) is 4.34. The number of hydrogen-bond donors (Lipinski definition) is 1. The zero-order chi connectivity index (χ0) is 13.6. The molecule has 1 atom stereocenters. The average Bonchev–Trinajstić information content (AvgIpc) is 2.89. The summed E-state index contributed by atoms with van der Waals surface area (Å²) in [7, 11) is 1.84. The molecular weight excluding hydrogens is 246 g/mol. The minimum Gasteiger partial charge on any atom is -0.366 e. The van der Waals surface area contributed by atoms with Gasteiger partial charge in [-0.15, -0.1) is 0 Å². The molecule has 19 heavy (non-hydrogen) atoms. The molecule has 2 aliphatic heterocycles. The number of aromatic nitrogens is 2. The van der Waals surface area contributed by atoms with Crippen molar-refractivity contribution in [3.8, 4) is 0 Å². The molecule has 2 aliphatic rings. The lowest BCUT2D eigenvalue weighted by Gasteiger charge is -2.42. The Kier molecular flexibility index (Phi) is 2.78. The van der Waals surface area contributed by atoms with E-state index in [1.54, 1.807) is 15.8 Å². The molecule has 2 amide bonds. The van der Waals surface area contributed by atoms with Gasteiger partial charge >= 0.3 is 0 Å². The third kappa shape index (κ3) is 1.99. The number of nitrogens with zero attached hydrogens (tertiary/aromatic N) is 4. The van der Waals surface area contributed by atoms with Crippen molar-refractivity contribution in [2.45, 2.75) is 18.5 Å². The molecule has 0 aliphatic carbocycles. The lowest BCUT2D eigenvalue weighted by molar-refractivity contribution is -0.133. The predicted molar refractivity (Wildman–Crippen MR) is 67.4 cm³/mol. The number of likely N-dealkylation sites (N-methyl/N-ethyl adjacent to an activating group) is 1. The van der Waals surface area contributed by atoms with Crippen LogP contribution in [0.2, 0.25) is 0 Å². The number of rotatable bonds is 3. The Morgan fingerprint density at radius 3 is 2.74 bits per heavy atom. The summed E-state index contributed by atoms with van der Waals surface area (Å²) in [6.07, 6.45) is 4.06. The van der Waals surface area contributed by atoms with Crippen molar-refractivity contribution < 1.29 is 9.59 Å². The molecule has 3 rings (SSSR count). The van der Waals surface area contributed by atoms with Gasteiger partial charge in [0.15, 0.2) is 0 Å². The second-order valence-electron chi connectivity index (χ2n) is 5.25. The summed E-state index contributed by atoms with van der Waals surface area (Å²) in [5.74, 6) is -0.258. The maximum atomic E-state index is 11.9. The van der Waals surface area contributed by atoms with Crippen molar-refractivity contribution in [1.82, 2.24) is 19.6 Å². The van der Waals surface area contributed by atoms with Crippen LogP contribution < -0.4 is 5.73 Å². The Bertz CT molecular complexity index is 520. The summed E-state index contributed by atoms with van der Waals surface area (Å²) in [4.78, 5) is 26.8. The molecule has 1 unspecified atom stereocenters. The fourth-order valence-corrected chi connectivity index (χ4v) is 2.72. The first kappa shape index (κ1) is 12.2. The Hall–Kier alpha value is -1.89. The lowest BCUT2D eigenvalue weighted by atomic mass is 10.0. The molecule has 0 spiro atoms. The highest BCUT2D eigenvalue weighted by molar-refractivity contribution is 5.92. The normalized spacial score (nSPS) is 24.8. The maximum Gasteiger partial charge on any atom is 0.251 e. The van der Waals surface area contributed by atoms with Crippen molar-refractivity contribution >= 4 is 11.8 Å². The Labute approximate surface area is 110 Å². The van der Waals surface area contributed by atoms with E-state index in [4.69, 9.17) is 5.73 Å². The highest BCUT2D eigenvalue weighted by atomic mass is 16.2. The molecule has 0 saturated carbocycles. The molecule has 2 N–H and O–H groups in total. The average molecular weight is 263 g/mol. The van der Waals surface area contributed by atoms with E-state index in [2.05, 4.69) is 10.00 Å². The number of nitrogens with two attached hydrogens (primary N) is 1. The van der Waals surface area contributed by atoms with Crippen LogP contribution in [0.1, 0.15) is 22.8 Å². The van der Waals surface area contributed by atoms with Crippen molar-refractivity contribution in [2.75, 3.05) is 26.7 Å². The highest BCUT2D eigenvalue weighted by Gasteiger charge is 2.41. The molecule has 2 saturated heterocycles. The largest absolute Gasteiger partial charge is 0.366 e. The monoisotopic (exact) mass is 263 g/mol. The molecule has 0 aromatic carbocycles. The highest BCUT2D eigenvalue weighted by Crippen LogP contribution is 2.27. The van der Waals surface area contributed by atoms with Crippen LogP contribution in [0.3, 0.4) is 0 Å². The van der Waals surface area contributed by atoms with Gasteiger partial charge in [-0.25, -0.2) is 0 Å². The first-order valence-electron chi connectivity index (χ1n) is 6.39. The number of carbonyl (C=O) groups is 2. The van der Waals surface area contributed by atoms with Crippen molar-refractivity contribution in [3.05, 3.63) is 18.0 Å². The van der Waals surface area contributed by atoms with Gasteiger partial charge in [0, 0.05) is 32.9 Å². The van der Waals surface area contributed by atoms with Gasteiger partial charge in [0.1, 0.15) is 0 Å². The quantitative estimate of drug-likeness (QED) is 0.763. The standard InChI is InChI=1S/C12H17N5O2/c1-15-3-2-10(12(15)19)16-6-9(7-16)17-5-8(4-14-17)11(13)18/h4-5,9-10H,2-3,6-7H2,1H3,(H2,13,18). The van der Waals surface area contributed by atoms with Crippen molar-refractivity contribution in [1.29, 1.82) is 0 Å². The Balaban J connectivity index is 1.60. The van der Waals surface area contributed by atoms with Gasteiger partial charge in [0.05, 0.1) is 23.8 Å². The molecule has 0 radical (unpaired) electrons. The molecule has 0 bridgehead atoms. The molecule has 2 fully saturated rings. The summed E-state index contributed by atoms with van der Waals surface area (Å²) in [5.41, 5.74) is 5.62. The number of carbonyl (C=O) groups excluding carboxylic acids is 2. The van der Waals surface area contributed by atoms with Crippen molar-refractivity contribution in [3.63, 3.8) is 0 Å². The third-order valence-corrected chi connectivity index (χ3v) is 3.99. The number of likely N-dealkylation sites (tertiary alicyclic amines) is 2. The first-order chi connectivity index (χ1) is 9.06. The van der Waals surface area contributed by atoms with Crippen LogP contribution in [0.25, 0.3) is 0 Å². The van der Waals surface area contributed by atoms with Gasteiger partial charge in [0.25, 0.3) is 5.91 Å². The van der Waals surface area contributed by atoms with E-state index in [1.807, 2.05) is 7.05 Å². The minimum atomic E-state index is -0.463. The summed E-state index contributed by atoms with van der Waals surface area (Å²) >= 11 is 0. The molecule has 1 aromatic rings. The fraction of sp³-hybridized carbons (Fsp3) is 0.583. The number of primary amides is 1. The van der Waals surface area contributed by atoms with Gasteiger partial charge in [0.2, 0.25) is 5.91 Å². The van der Waals surface area contributed by atoms with E-state index >= 15 is 0 Å². The minimum absolute atomic E-state index is 0.0208. The van der Waals surface area contributed by atoms with E-state index in [0.717, 1.165) is 26.1 Å². The molecule has 3 heterocycles. The van der Waals surface area contributed by atoms with E-state index < -0.39 is 5.91 Å². The van der Waals surface area contributed by atoms with Crippen LogP contribution in [0.5, 0.6) is 0 Å². The molecule has 102 valence electrons. The van der Waals surface area contributed by atoms with Crippen LogP contribution in [0.4, 0.5) is 0 Å². The first-order valence-corrected chi connectivity index (χ1v) is 6.39. The zero-order valence-electron chi connectivity index (χ0n) is 10.8. The topological polar surface area (TPSA) is 84.5 Å². The second-order valence-corrected chi connectivity index (χ2v) is 5.25. The van der Waals surface area contributed by atoms with Crippen LogP contribution in [-0.4, -0.2) is 64.1 Å². The van der Waals surface area contributed by atoms with Gasteiger partial charge in [-0.05, 0) is 6.42 Å². The van der Waals surface area contributed by atoms with E-state index in [1.165, 1.54) is 6.20 Å².